The van der Waals surface area contributed by atoms with E-state index in [1.807, 2.05) is 32.0 Å². The molecule has 0 heterocycles. The van der Waals surface area contributed by atoms with Gasteiger partial charge in [0.2, 0.25) is 0 Å². The van der Waals surface area contributed by atoms with E-state index in [1.165, 1.54) is 0 Å². The highest BCUT2D eigenvalue weighted by Gasteiger charge is 2.11. The van der Waals surface area contributed by atoms with Crippen molar-refractivity contribution in [3.05, 3.63) is 69.6 Å². The van der Waals surface area contributed by atoms with Crippen LogP contribution in [-0.4, -0.2) is 5.91 Å². The van der Waals surface area contributed by atoms with E-state index in [0.29, 0.717) is 11.3 Å². The number of hydrogen-bond acceptors (Lipinski definition) is 2. The van der Waals surface area contributed by atoms with E-state index in [9.17, 15) is 4.79 Å². The van der Waals surface area contributed by atoms with Gasteiger partial charge in [-0.2, -0.15) is 0 Å². The Morgan fingerprint density at radius 1 is 1.20 bits per heavy atom. The molecule has 1 N–H and O–H groups in total. The first-order chi connectivity index (χ1) is 9.61. The number of benzene rings is 2. The number of amides is 1. The van der Waals surface area contributed by atoms with Gasteiger partial charge in [-0.05, 0) is 37.1 Å². The second kappa shape index (κ2) is 5.91. The third kappa shape index (κ3) is 2.96. The molecule has 0 aliphatic rings. The average molecular weight is 266 g/mol. The van der Waals surface area contributed by atoms with Crippen molar-refractivity contribution >= 4 is 17.3 Å². The van der Waals surface area contributed by atoms with E-state index in [-0.39, 0.29) is 5.91 Å². The van der Waals surface area contributed by atoms with Crippen molar-refractivity contribution in [2.75, 3.05) is 5.32 Å². The maximum absolute atomic E-state index is 12.3. The normalized spacial score (nSPS) is 9.70. The number of aryl methyl sites for hydroxylation is 2. The highest BCUT2D eigenvalue weighted by Crippen LogP contribution is 2.22. The van der Waals surface area contributed by atoms with Crippen LogP contribution < -0.4 is 5.32 Å². The molecule has 0 bridgehead atoms. The lowest BCUT2D eigenvalue weighted by Gasteiger charge is -2.10. The Morgan fingerprint density at radius 2 is 1.95 bits per heavy atom. The number of azide groups is 1. The fraction of sp³-hybridized carbons (Fsp3) is 0.133. The van der Waals surface area contributed by atoms with Crippen LogP contribution in [0.3, 0.4) is 0 Å². The van der Waals surface area contributed by atoms with Gasteiger partial charge < -0.3 is 5.32 Å². The topological polar surface area (TPSA) is 77.9 Å². The summed E-state index contributed by atoms with van der Waals surface area (Å²) in [6.07, 6.45) is 0. The summed E-state index contributed by atoms with van der Waals surface area (Å²) in [6.45, 7) is 3.93. The zero-order valence-electron chi connectivity index (χ0n) is 11.3. The van der Waals surface area contributed by atoms with Crippen molar-refractivity contribution in [1.29, 1.82) is 0 Å². The van der Waals surface area contributed by atoms with Crippen LogP contribution in [0, 0.1) is 13.8 Å². The van der Waals surface area contributed by atoms with Crippen molar-refractivity contribution in [2.24, 2.45) is 5.11 Å². The van der Waals surface area contributed by atoms with Crippen LogP contribution in [0.1, 0.15) is 21.5 Å². The zero-order chi connectivity index (χ0) is 14.5. The Morgan fingerprint density at radius 3 is 2.65 bits per heavy atom. The summed E-state index contributed by atoms with van der Waals surface area (Å²) in [5, 5.41) is 6.36. The highest BCUT2D eigenvalue weighted by molar-refractivity contribution is 6.07. The predicted octanol–water partition coefficient (Wildman–Crippen LogP) is 4.50. The second-order valence-electron chi connectivity index (χ2n) is 4.48. The molecule has 2 aromatic rings. The number of nitrogens with one attached hydrogen (secondary N) is 1. The minimum absolute atomic E-state index is 0.292. The first kappa shape index (κ1) is 13.6. The van der Waals surface area contributed by atoms with Gasteiger partial charge in [0.15, 0.2) is 0 Å². The third-order valence-corrected chi connectivity index (χ3v) is 2.93. The summed E-state index contributed by atoms with van der Waals surface area (Å²) in [5.41, 5.74) is 12.1. The Kier molecular flexibility index (Phi) is 4.03. The molecule has 0 atom stereocenters. The Labute approximate surface area is 116 Å². The molecule has 100 valence electrons. The van der Waals surface area contributed by atoms with Crippen molar-refractivity contribution in [3.8, 4) is 0 Å². The largest absolute Gasteiger partial charge is 0.322 e. The lowest BCUT2D eigenvalue weighted by atomic mass is 10.1. The molecule has 5 nitrogen and oxygen atoms in total. The summed E-state index contributed by atoms with van der Waals surface area (Å²) in [7, 11) is 0. The smallest absolute Gasteiger partial charge is 0.256 e. The highest BCUT2D eigenvalue weighted by atomic mass is 16.1. The standard InChI is InChI=1S/C15H14N4O/c1-10-7-8-13(11(2)9-10)17-15(20)12-5-3-4-6-14(12)18-19-16/h3-9H,1-2H3,(H,17,20). The summed E-state index contributed by atoms with van der Waals surface area (Å²) >= 11 is 0. The fourth-order valence-corrected chi connectivity index (χ4v) is 1.94. The van der Waals surface area contributed by atoms with Gasteiger partial charge in [-0.3, -0.25) is 4.79 Å². The monoisotopic (exact) mass is 266 g/mol. The molecule has 2 aromatic carbocycles. The Balaban J connectivity index is 2.31. The van der Waals surface area contributed by atoms with E-state index in [4.69, 9.17) is 5.53 Å². The van der Waals surface area contributed by atoms with Gasteiger partial charge in [0.05, 0.1) is 5.69 Å². The molecule has 2 rings (SSSR count). The summed E-state index contributed by atoms with van der Waals surface area (Å²) in [5.74, 6) is -0.292. The number of anilines is 1. The van der Waals surface area contributed by atoms with Gasteiger partial charge in [0.1, 0.15) is 0 Å². The number of nitrogens with zero attached hydrogens (tertiary/aromatic N) is 3. The molecule has 1 amide bonds. The quantitative estimate of drug-likeness (QED) is 0.495. The minimum atomic E-state index is -0.292. The van der Waals surface area contributed by atoms with E-state index in [0.717, 1.165) is 16.8 Å². The van der Waals surface area contributed by atoms with Crippen molar-refractivity contribution in [3.63, 3.8) is 0 Å². The van der Waals surface area contributed by atoms with Gasteiger partial charge in [0, 0.05) is 16.2 Å². The molecule has 20 heavy (non-hydrogen) atoms. The van der Waals surface area contributed by atoms with Gasteiger partial charge in [-0.15, -0.1) is 0 Å². The molecule has 5 heteroatoms. The molecule has 0 fully saturated rings. The zero-order valence-corrected chi connectivity index (χ0v) is 11.3. The first-order valence-electron chi connectivity index (χ1n) is 6.14. The first-order valence-corrected chi connectivity index (χ1v) is 6.14. The van der Waals surface area contributed by atoms with Crippen LogP contribution in [0.2, 0.25) is 0 Å². The third-order valence-electron chi connectivity index (χ3n) is 2.93. The van der Waals surface area contributed by atoms with Crippen LogP contribution in [-0.2, 0) is 0 Å². The van der Waals surface area contributed by atoms with E-state index in [2.05, 4.69) is 15.3 Å². The van der Waals surface area contributed by atoms with E-state index >= 15 is 0 Å². The average Bonchev–Trinajstić information content (AvgIpc) is 2.43. The lowest BCUT2D eigenvalue weighted by molar-refractivity contribution is 0.102. The molecule has 0 saturated carbocycles. The molecular weight excluding hydrogens is 252 g/mol. The molecule has 0 aromatic heterocycles. The van der Waals surface area contributed by atoms with Crippen LogP contribution in [0.4, 0.5) is 11.4 Å². The molecule has 0 saturated heterocycles. The predicted molar refractivity (Wildman–Crippen MR) is 79.1 cm³/mol. The van der Waals surface area contributed by atoms with Gasteiger partial charge in [-0.1, -0.05) is 41.0 Å². The van der Waals surface area contributed by atoms with Crippen LogP contribution in [0.25, 0.3) is 10.4 Å². The van der Waals surface area contributed by atoms with Gasteiger partial charge in [0.25, 0.3) is 5.91 Å². The van der Waals surface area contributed by atoms with Crippen LogP contribution >= 0.6 is 0 Å². The molecule has 0 unspecified atom stereocenters. The molecular formula is C15H14N4O. The minimum Gasteiger partial charge on any atom is -0.322 e. The summed E-state index contributed by atoms with van der Waals surface area (Å²) in [4.78, 5) is 15.0. The SMILES string of the molecule is Cc1ccc(NC(=O)c2ccccc2N=[N+]=[N-])c(C)c1. The fourth-order valence-electron chi connectivity index (χ4n) is 1.94. The number of carbonyl (C=O) groups excluding carboxylic acids is 1. The Hall–Kier alpha value is -2.78. The van der Waals surface area contributed by atoms with Gasteiger partial charge in [-0.25, -0.2) is 0 Å². The van der Waals surface area contributed by atoms with Crippen LogP contribution in [0.15, 0.2) is 47.6 Å². The van der Waals surface area contributed by atoms with Crippen molar-refractivity contribution in [2.45, 2.75) is 13.8 Å². The van der Waals surface area contributed by atoms with E-state index < -0.39 is 0 Å². The van der Waals surface area contributed by atoms with E-state index in [1.54, 1.807) is 24.3 Å². The number of hydrogen-bond donors (Lipinski definition) is 1. The Bertz CT molecular complexity index is 703. The van der Waals surface area contributed by atoms with Crippen molar-refractivity contribution < 1.29 is 4.79 Å². The second-order valence-corrected chi connectivity index (χ2v) is 4.48. The maximum atomic E-state index is 12.3. The summed E-state index contributed by atoms with van der Waals surface area (Å²) in [6, 6.07) is 12.5. The molecule has 0 aliphatic heterocycles. The lowest BCUT2D eigenvalue weighted by Crippen LogP contribution is -2.12. The number of carbonyl (C=O) groups is 1. The molecule has 0 radical (unpaired) electrons. The summed E-state index contributed by atoms with van der Waals surface area (Å²) < 4.78 is 0. The number of rotatable bonds is 3. The van der Waals surface area contributed by atoms with Crippen LogP contribution in [0.5, 0.6) is 0 Å². The van der Waals surface area contributed by atoms with Gasteiger partial charge >= 0.3 is 0 Å². The molecule has 0 aliphatic carbocycles. The maximum Gasteiger partial charge on any atom is 0.256 e. The van der Waals surface area contributed by atoms with Crippen molar-refractivity contribution in [1.82, 2.24) is 0 Å². The molecule has 0 spiro atoms.